The summed E-state index contributed by atoms with van der Waals surface area (Å²) in [4.78, 5) is 25.8. The molecule has 1 heterocycles. The maximum absolute atomic E-state index is 13.3. The minimum atomic E-state index is -0.752. The zero-order chi connectivity index (χ0) is 24.5. The third-order valence-corrected chi connectivity index (χ3v) is 6.03. The minimum Gasteiger partial charge on any atom is -0.357 e. The normalized spacial score (nSPS) is 12.4. The largest absolute Gasteiger partial charge is 0.357 e. The van der Waals surface area contributed by atoms with Gasteiger partial charge in [0.15, 0.2) is 5.69 Å². The minimum absolute atomic E-state index is 0.184. The number of rotatable bonds is 5. The molecule has 0 aliphatic carbocycles. The summed E-state index contributed by atoms with van der Waals surface area (Å²) in [5.74, 6) is -0.748. The number of aromatic nitrogens is 2. The lowest BCUT2D eigenvalue weighted by molar-refractivity contribution is -0.124. The predicted octanol–water partition coefficient (Wildman–Crippen LogP) is 5.70. The summed E-state index contributed by atoms with van der Waals surface area (Å²) in [6.07, 6.45) is 0. The van der Waals surface area contributed by atoms with Crippen LogP contribution in [0.3, 0.4) is 0 Å². The molecule has 0 spiro atoms. The average Bonchev–Trinajstić information content (AvgIpc) is 3.08. The summed E-state index contributed by atoms with van der Waals surface area (Å²) >= 11 is 18.6. The van der Waals surface area contributed by atoms with E-state index < -0.39 is 17.4 Å². The molecule has 33 heavy (non-hydrogen) atoms. The molecule has 174 valence electrons. The molecular formula is C24H25Cl3N4O2. The van der Waals surface area contributed by atoms with E-state index in [2.05, 4.69) is 15.7 Å². The van der Waals surface area contributed by atoms with Gasteiger partial charge >= 0.3 is 0 Å². The van der Waals surface area contributed by atoms with Crippen molar-refractivity contribution in [2.24, 2.45) is 5.41 Å². The van der Waals surface area contributed by atoms with Gasteiger partial charge in [-0.1, -0.05) is 67.7 Å². The smallest absolute Gasteiger partial charge is 0.272 e. The maximum atomic E-state index is 13.3. The van der Waals surface area contributed by atoms with E-state index in [1.54, 1.807) is 41.9 Å². The number of hydrogen-bond acceptors (Lipinski definition) is 3. The molecule has 0 aliphatic heterocycles. The lowest BCUT2D eigenvalue weighted by Crippen LogP contribution is -2.53. The van der Waals surface area contributed by atoms with E-state index >= 15 is 0 Å². The van der Waals surface area contributed by atoms with Crippen LogP contribution < -0.4 is 10.6 Å². The van der Waals surface area contributed by atoms with Crippen LogP contribution in [0.2, 0.25) is 15.1 Å². The molecule has 1 aromatic heterocycles. The highest BCUT2D eigenvalue weighted by Gasteiger charge is 2.34. The Labute approximate surface area is 208 Å². The average molecular weight is 508 g/mol. The fourth-order valence-corrected chi connectivity index (χ4v) is 4.12. The van der Waals surface area contributed by atoms with E-state index in [9.17, 15) is 9.59 Å². The summed E-state index contributed by atoms with van der Waals surface area (Å²) < 4.78 is 1.61. The van der Waals surface area contributed by atoms with Crippen molar-refractivity contribution >= 4 is 46.6 Å². The van der Waals surface area contributed by atoms with Crippen molar-refractivity contribution in [1.29, 1.82) is 0 Å². The van der Waals surface area contributed by atoms with Crippen LogP contribution in [-0.4, -0.2) is 34.7 Å². The second-order valence-corrected chi connectivity index (χ2v) is 10.0. The van der Waals surface area contributed by atoms with Crippen LogP contribution in [0.25, 0.3) is 16.9 Å². The van der Waals surface area contributed by atoms with E-state index in [1.807, 2.05) is 32.9 Å². The van der Waals surface area contributed by atoms with Crippen LogP contribution in [-0.2, 0) is 4.79 Å². The van der Waals surface area contributed by atoms with E-state index in [4.69, 9.17) is 34.8 Å². The van der Waals surface area contributed by atoms with Gasteiger partial charge in [-0.2, -0.15) is 5.10 Å². The maximum Gasteiger partial charge on any atom is 0.272 e. The quantitative estimate of drug-likeness (QED) is 0.465. The molecule has 0 aliphatic rings. The van der Waals surface area contributed by atoms with E-state index in [0.717, 1.165) is 5.56 Å². The van der Waals surface area contributed by atoms with Gasteiger partial charge in [0, 0.05) is 28.2 Å². The number of nitrogens with one attached hydrogen (secondary N) is 2. The molecule has 3 aromatic rings. The van der Waals surface area contributed by atoms with Gasteiger partial charge in [-0.15, -0.1) is 0 Å². The number of benzene rings is 2. The first-order valence-electron chi connectivity index (χ1n) is 10.3. The van der Waals surface area contributed by atoms with Crippen molar-refractivity contribution in [1.82, 2.24) is 20.4 Å². The lowest BCUT2D eigenvalue weighted by atomic mass is 9.86. The molecule has 1 atom stereocenters. The zero-order valence-corrected chi connectivity index (χ0v) is 21.2. The lowest BCUT2D eigenvalue weighted by Gasteiger charge is -2.29. The van der Waals surface area contributed by atoms with Crippen LogP contribution in [0.1, 0.15) is 36.8 Å². The molecule has 0 bridgehead atoms. The molecule has 2 N–H and O–H groups in total. The summed E-state index contributed by atoms with van der Waals surface area (Å²) in [6.45, 7) is 7.44. The number of nitrogens with zero attached hydrogens (tertiary/aromatic N) is 2. The van der Waals surface area contributed by atoms with Gasteiger partial charge in [0.1, 0.15) is 6.04 Å². The van der Waals surface area contributed by atoms with E-state index in [0.29, 0.717) is 32.0 Å². The number of amides is 2. The highest BCUT2D eigenvalue weighted by molar-refractivity contribution is 6.35. The molecule has 3 rings (SSSR count). The third-order valence-electron chi connectivity index (χ3n) is 5.24. The Morgan fingerprint density at radius 2 is 1.61 bits per heavy atom. The first kappa shape index (κ1) is 25.1. The highest BCUT2D eigenvalue weighted by Crippen LogP contribution is 2.33. The molecule has 0 radical (unpaired) electrons. The van der Waals surface area contributed by atoms with Crippen molar-refractivity contribution in [3.63, 3.8) is 0 Å². The van der Waals surface area contributed by atoms with Gasteiger partial charge in [0.05, 0.1) is 16.4 Å². The summed E-state index contributed by atoms with van der Waals surface area (Å²) in [5.41, 5.74) is 2.34. The van der Waals surface area contributed by atoms with Gasteiger partial charge < -0.3 is 10.6 Å². The molecule has 0 saturated heterocycles. The summed E-state index contributed by atoms with van der Waals surface area (Å²) in [7, 11) is 1.54. The first-order valence-corrected chi connectivity index (χ1v) is 11.4. The van der Waals surface area contributed by atoms with Crippen molar-refractivity contribution < 1.29 is 9.59 Å². The standard InChI is InChI=1S/C24H25Cl3N4O2/c1-13-19(22(32)29-21(23(33)28-5)24(2,3)4)30-31(18-11-10-16(26)12-17(18)27)20(13)14-6-8-15(25)9-7-14/h6-12,21H,1-5H3,(H,28,33)(H,29,32). The van der Waals surface area contributed by atoms with Crippen molar-refractivity contribution in [3.05, 3.63) is 68.8 Å². The molecule has 1 unspecified atom stereocenters. The fraction of sp³-hybridized carbons (Fsp3) is 0.292. The van der Waals surface area contributed by atoms with Gasteiger partial charge in [-0.3, -0.25) is 9.59 Å². The van der Waals surface area contributed by atoms with Crippen molar-refractivity contribution in [3.8, 4) is 16.9 Å². The number of hydrogen-bond donors (Lipinski definition) is 2. The second kappa shape index (κ2) is 9.75. The SMILES string of the molecule is CNC(=O)C(NC(=O)c1nn(-c2ccc(Cl)cc2Cl)c(-c2ccc(Cl)cc2)c1C)C(C)(C)C. The monoisotopic (exact) mass is 506 g/mol. The van der Waals surface area contributed by atoms with Gasteiger partial charge in [0.2, 0.25) is 5.91 Å². The van der Waals surface area contributed by atoms with Gasteiger partial charge in [0.25, 0.3) is 5.91 Å². The summed E-state index contributed by atoms with van der Waals surface area (Å²) in [6, 6.07) is 11.5. The Kier molecular flexibility index (Phi) is 7.42. The third kappa shape index (κ3) is 5.35. The van der Waals surface area contributed by atoms with Crippen molar-refractivity contribution in [2.75, 3.05) is 7.05 Å². The molecule has 2 amide bonds. The van der Waals surface area contributed by atoms with Crippen LogP contribution in [0.5, 0.6) is 0 Å². The number of halogens is 3. The topological polar surface area (TPSA) is 76.0 Å². The molecule has 0 fully saturated rings. The highest BCUT2D eigenvalue weighted by atomic mass is 35.5. The predicted molar refractivity (Wildman–Crippen MR) is 134 cm³/mol. The first-order chi connectivity index (χ1) is 15.4. The van der Waals surface area contributed by atoms with Crippen LogP contribution in [0.4, 0.5) is 0 Å². The Morgan fingerprint density at radius 1 is 1.00 bits per heavy atom. The molecular weight excluding hydrogens is 483 g/mol. The summed E-state index contributed by atoms with van der Waals surface area (Å²) in [5, 5.41) is 11.5. The Balaban J connectivity index is 2.16. The van der Waals surface area contributed by atoms with Crippen LogP contribution in [0.15, 0.2) is 42.5 Å². The van der Waals surface area contributed by atoms with Gasteiger partial charge in [-0.05, 0) is 42.7 Å². The number of carbonyl (C=O) groups is 2. The van der Waals surface area contributed by atoms with E-state index in [-0.39, 0.29) is 11.6 Å². The second-order valence-electron chi connectivity index (χ2n) is 8.72. The Hall–Kier alpha value is -2.54. The molecule has 6 nitrogen and oxygen atoms in total. The van der Waals surface area contributed by atoms with Crippen LogP contribution in [0, 0.1) is 12.3 Å². The van der Waals surface area contributed by atoms with Crippen LogP contribution >= 0.6 is 34.8 Å². The fourth-order valence-electron chi connectivity index (χ4n) is 3.50. The Morgan fingerprint density at radius 3 is 2.15 bits per heavy atom. The Bertz CT molecular complexity index is 1200. The number of likely N-dealkylation sites (N-methyl/N-ethyl adjacent to an activating group) is 1. The molecule has 2 aromatic carbocycles. The molecule has 0 saturated carbocycles. The van der Waals surface area contributed by atoms with Gasteiger partial charge in [-0.25, -0.2) is 4.68 Å². The zero-order valence-electron chi connectivity index (χ0n) is 19.0. The molecule has 9 heteroatoms. The van der Waals surface area contributed by atoms with Crippen molar-refractivity contribution in [2.45, 2.75) is 33.7 Å². The van der Waals surface area contributed by atoms with E-state index in [1.165, 1.54) is 7.05 Å². The number of carbonyl (C=O) groups excluding carboxylic acids is 2.